The number of aryl methyl sites for hydroxylation is 1. The first-order valence-electron chi connectivity index (χ1n) is 9.90. The maximum Gasteiger partial charge on any atom is 0.223 e. The van der Waals surface area contributed by atoms with Crippen molar-refractivity contribution in [3.8, 4) is 11.3 Å². The first-order valence-corrected chi connectivity index (χ1v) is 9.90. The molecule has 2 aliphatic carbocycles. The van der Waals surface area contributed by atoms with E-state index in [1.165, 1.54) is 18.5 Å². The largest absolute Gasteiger partial charge is 0.394 e. The Labute approximate surface area is 160 Å². The minimum absolute atomic E-state index is 0.0500. The summed E-state index contributed by atoms with van der Waals surface area (Å²) in [5.74, 6) is 0.651. The Balaban J connectivity index is 1.49. The minimum Gasteiger partial charge on any atom is -0.394 e. The van der Waals surface area contributed by atoms with Gasteiger partial charge in [-0.3, -0.25) is 4.68 Å². The van der Waals surface area contributed by atoms with E-state index in [4.69, 9.17) is 10.7 Å². The molecule has 2 aromatic rings. The van der Waals surface area contributed by atoms with Gasteiger partial charge in [0.15, 0.2) is 0 Å². The van der Waals surface area contributed by atoms with Crippen molar-refractivity contribution in [3.63, 3.8) is 0 Å². The van der Waals surface area contributed by atoms with Gasteiger partial charge in [0.1, 0.15) is 0 Å². The van der Waals surface area contributed by atoms with Crippen molar-refractivity contribution in [2.24, 2.45) is 18.2 Å². The minimum atomic E-state index is -0.426. The van der Waals surface area contributed by atoms with E-state index in [-0.39, 0.29) is 6.61 Å². The van der Waals surface area contributed by atoms with E-state index < -0.39 is 5.54 Å². The number of hydrogen-bond donors (Lipinski definition) is 3. The zero-order valence-corrected chi connectivity index (χ0v) is 16.3. The summed E-state index contributed by atoms with van der Waals surface area (Å²) in [6, 6.07) is 2.25. The number of nitrogens with one attached hydrogen (secondary N) is 1. The number of hydrogen-bond acceptors (Lipinski definition) is 6. The molecule has 2 heterocycles. The molecule has 2 fully saturated rings. The van der Waals surface area contributed by atoms with Gasteiger partial charge in [-0.2, -0.15) is 5.10 Å². The first-order chi connectivity index (χ1) is 12.9. The standard InChI is InChI=1S/C20H30N6O/c1-19(8-9-19)11-17-15(12-23-26(17)2)16-5-10-22-18(25-16)24-14-3-6-20(21,13-27)7-4-14/h5,10,12,14,27H,3-4,6-9,11,13,21H2,1-2H3,(H,22,24,25). The van der Waals surface area contributed by atoms with Gasteiger partial charge in [0.05, 0.1) is 18.5 Å². The average molecular weight is 371 g/mol. The van der Waals surface area contributed by atoms with Crippen molar-refractivity contribution in [1.29, 1.82) is 0 Å². The SMILES string of the molecule is Cn1ncc(-c2ccnc(NC3CCC(N)(CO)CC3)n2)c1CC1(C)CC1. The van der Waals surface area contributed by atoms with Crippen molar-refractivity contribution >= 4 is 5.95 Å². The predicted octanol–water partition coefficient (Wildman–Crippen LogP) is 2.26. The Hall–Kier alpha value is -1.99. The van der Waals surface area contributed by atoms with Crippen LogP contribution < -0.4 is 11.1 Å². The Morgan fingerprint density at radius 2 is 2.04 bits per heavy atom. The van der Waals surface area contributed by atoms with Gasteiger partial charge in [-0.15, -0.1) is 0 Å². The second kappa shape index (κ2) is 6.87. The summed E-state index contributed by atoms with van der Waals surface area (Å²) < 4.78 is 1.98. The van der Waals surface area contributed by atoms with E-state index in [0.29, 0.717) is 17.4 Å². The van der Waals surface area contributed by atoms with Gasteiger partial charge in [-0.25, -0.2) is 9.97 Å². The molecule has 2 aliphatic rings. The summed E-state index contributed by atoms with van der Waals surface area (Å²) in [5, 5.41) is 17.4. The molecule has 0 radical (unpaired) electrons. The fourth-order valence-corrected chi connectivity index (χ4v) is 3.94. The van der Waals surface area contributed by atoms with E-state index in [2.05, 4.69) is 22.3 Å². The summed E-state index contributed by atoms with van der Waals surface area (Å²) in [7, 11) is 2.01. The Kier molecular flexibility index (Phi) is 4.68. The van der Waals surface area contributed by atoms with E-state index in [1.54, 1.807) is 0 Å². The topological polar surface area (TPSA) is 102 Å². The predicted molar refractivity (Wildman–Crippen MR) is 105 cm³/mol. The van der Waals surface area contributed by atoms with Crippen LogP contribution >= 0.6 is 0 Å². The first kappa shape index (κ1) is 18.4. The van der Waals surface area contributed by atoms with Crippen LogP contribution in [0.4, 0.5) is 5.95 Å². The zero-order chi connectivity index (χ0) is 19.1. The smallest absolute Gasteiger partial charge is 0.223 e. The lowest BCUT2D eigenvalue weighted by Gasteiger charge is -2.35. The maximum absolute atomic E-state index is 9.42. The van der Waals surface area contributed by atoms with E-state index in [0.717, 1.165) is 43.4 Å². The van der Waals surface area contributed by atoms with Gasteiger partial charge >= 0.3 is 0 Å². The third kappa shape index (κ3) is 3.99. The third-order valence-electron chi connectivity index (χ3n) is 6.32. The fraction of sp³-hybridized carbons (Fsp3) is 0.650. The summed E-state index contributed by atoms with van der Waals surface area (Å²) >= 11 is 0. The normalized spacial score (nSPS) is 26.7. The molecule has 0 saturated heterocycles. The molecular weight excluding hydrogens is 340 g/mol. The van der Waals surface area contributed by atoms with Crippen molar-refractivity contribution in [2.75, 3.05) is 11.9 Å². The summed E-state index contributed by atoms with van der Waals surface area (Å²) in [6.07, 6.45) is 10.8. The van der Waals surface area contributed by atoms with Gasteiger partial charge in [0, 0.05) is 36.1 Å². The van der Waals surface area contributed by atoms with Crippen LogP contribution in [0.15, 0.2) is 18.5 Å². The van der Waals surface area contributed by atoms with Crippen molar-refractivity contribution in [1.82, 2.24) is 19.7 Å². The Morgan fingerprint density at radius 1 is 1.30 bits per heavy atom. The van der Waals surface area contributed by atoms with Crippen molar-refractivity contribution in [2.45, 2.75) is 63.5 Å². The van der Waals surface area contributed by atoms with E-state index in [9.17, 15) is 5.11 Å². The maximum atomic E-state index is 9.42. The fourth-order valence-electron chi connectivity index (χ4n) is 3.94. The van der Waals surface area contributed by atoms with Crippen molar-refractivity contribution in [3.05, 3.63) is 24.2 Å². The van der Waals surface area contributed by atoms with Crippen LogP contribution in [0.2, 0.25) is 0 Å². The van der Waals surface area contributed by atoms with Gasteiger partial charge < -0.3 is 16.2 Å². The number of aromatic nitrogens is 4. The lowest BCUT2D eigenvalue weighted by molar-refractivity contribution is 0.152. The molecule has 7 nitrogen and oxygen atoms in total. The highest BCUT2D eigenvalue weighted by molar-refractivity contribution is 5.62. The number of anilines is 1. The quantitative estimate of drug-likeness (QED) is 0.721. The summed E-state index contributed by atoms with van der Waals surface area (Å²) in [4.78, 5) is 9.17. The summed E-state index contributed by atoms with van der Waals surface area (Å²) in [5.41, 5.74) is 9.42. The number of aliphatic hydroxyl groups is 1. The Bertz CT molecular complexity index is 805. The molecule has 0 spiro atoms. The van der Waals surface area contributed by atoms with Crippen LogP contribution in [-0.2, 0) is 13.5 Å². The van der Waals surface area contributed by atoms with Crippen LogP contribution in [-0.4, -0.2) is 43.0 Å². The Morgan fingerprint density at radius 3 is 2.70 bits per heavy atom. The lowest BCUT2D eigenvalue weighted by atomic mass is 9.81. The second-order valence-electron chi connectivity index (χ2n) is 8.82. The van der Waals surface area contributed by atoms with E-state index >= 15 is 0 Å². The molecule has 27 heavy (non-hydrogen) atoms. The molecular formula is C20H30N6O. The van der Waals surface area contributed by atoms with Crippen molar-refractivity contribution < 1.29 is 5.11 Å². The second-order valence-corrected chi connectivity index (χ2v) is 8.82. The van der Waals surface area contributed by atoms with Gasteiger partial charge in [-0.1, -0.05) is 6.92 Å². The average Bonchev–Trinajstić information content (AvgIpc) is 3.29. The molecule has 0 atom stereocenters. The number of rotatable bonds is 6. The monoisotopic (exact) mass is 370 g/mol. The lowest BCUT2D eigenvalue weighted by Crippen LogP contribution is -2.48. The highest BCUT2D eigenvalue weighted by Crippen LogP contribution is 2.48. The van der Waals surface area contributed by atoms with E-state index in [1.807, 2.05) is 30.2 Å². The number of aliphatic hydroxyl groups excluding tert-OH is 1. The highest BCUT2D eigenvalue weighted by Gasteiger charge is 2.38. The van der Waals surface area contributed by atoms with Crippen LogP contribution in [0.3, 0.4) is 0 Å². The molecule has 0 bridgehead atoms. The van der Waals surface area contributed by atoms with Crippen LogP contribution in [0, 0.1) is 5.41 Å². The number of nitrogens with zero attached hydrogens (tertiary/aromatic N) is 4. The summed E-state index contributed by atoms with van der Waals surface area (Å²) in [6.45, 7) is 2.39. The molecule has 146 valence electrons. The zero-order valence-electron chi connectivity index (χ0n) is 16.3. The molecule has 2 saturated carbocycles. The third-order valence-corrected chi connectivity index (χ3v) is 6.32. The molecule has 7 heteroatoms. The van der Waals surface area contributed by atoms with Gasteiger partial charge in [0.25, 0.3) is 0 Å². The van der Waals surface area contributed by atoms with Gasteiger partial charge in [-0.05, 0) is 56.4 Å². The van der Waals surface area contributed by atoms with Crippen LogP contribution in [0.25, 0.3) is 11.3 Å². The highest BCUT2D eigenvalue weighted by atomic mass is 16.3. The molecule has 0 aliphatic heterocycles. The molecule has 0 unspecified atom stereocenters. The molecule has 4 N–H and O–H groups in total. The van der Waals surface area contributed by atoms with Crippen LogP contribution in [0.1, 0.15) is 51.1 Å². The van der Waals surface area contributed by atoms with Crippen LogP contribution in [0.5, 0.6) is 0 Å². The molecule has 4 rings (SSSR count). The molecule has 2 aromatic heterocycles. The van der Waals surface area contributed by atoms with Gasteiger partial charge in [0.2, 0.25) is 5.95 Å². The molecule has 0 aromatic carbocycles. The molecule has 0 amide bonds. The number of nitrogens with two attached hydrogens (primary N) is 1.